The molecule has 0 heterocycles. The van der Waals surface area contributed by atoms with E-state index in [0.717, 1.165) is 6.07 Å². The normalized spacial score (nSPS) is 9.68. The van der Waals surface area contributed by atoms with Crippen molar-refractivity contribution in [1.29, 1.82) is 5.26 Å². The highest BCUT2D eigenvalue weighted by atomic mass is 19.1. The van der Waals surface area contributed by atoms with Crippen molar-refractivity contribution in [3.8, 4) is 6.07 Å². The molecule has 0 unspecified atom stereocenters. The summed E-state index contributed by atoms with van der Waals surface area (Å²) in [6.45, 7) is 0. The van der Waals surface area contributed by atoms with Gasteiger partial charge in [-0.05, 0) is 30.3 Å². The molecule has 0 saturated carbocycles. The standard InChI is InChI=1S/C14H10FN3O/c15-12-5-2-6-13(11(12)8-16)18-14(19)9-3-1-4-10(17)7-9/h1-7H,17H2,(H,18,19). The van der Waals surface area contributed by atoms with Gasteiger partial charge in [0.25, 0.3) is 5.91 Å². The Kier molecular flexibility index (Phi) is 3.44. The SMILES string of the molecule is N#Cc1c(F)cccc1NC(=O)c1cccc(N)c1. The molecule has 94 valence electrons. The number of amides is 1. The number of nitrogens with two attached hydrogens (primary N) is 1. The van der Waals surface area contributed by atoms with Crippen LogP contribution in [0.1, 0.15) is 15.9 Å². The first-order chi connectivity index (χ1) is 9.11. The van der Waals surface area contributed by atoms with Gasteiger partial charge < -0.3 is 11.1 Å². The number of benzene rings is 2. The molecule has 2 aromatic carbocycles. The molecule has 0 aliphatic rings. The van der Waals surface area contributed by atoms with Gasteiger partial charge in [-0.3, -0.25) is 4.79 Å². The van der Waals surface area contributed by atoms with Crippen LogP contribution in [-0.4, -0.2) is 5.91 Å². The van der Waals surface area contributed by atoms with Gasteiger partial charge in [-0.2, -0.15) is 5.26 Å². The van der Waals surface area contributed by atoms with Crippen molar-refractivity contribution >= 4 is 17.3 Å². The van der Waals surface area contributed by atoms with Crippen LogP contribution in [0.5, 0.6) is 0 Å². The van der Waals surface area contributed by atoms with Crippen LogP contribution in [0, 0.1) is 17.1 Å². The van der Waals surface area contributed by atoms with Gasteiger partial charge in [-0.1, -0.05) is 12.1 Å². The summed E-state index contributed by atoms with van der Waals surface area (Å²) in [4.78, 5) is 11.9. The van der Waals surface area contributed by atoms with Crippen LogP contribution in [0.2, 0.25) is 0 Å². The molecular formula is C14H10FN3O. The summed E-state index contributed by atoms with van der Waals surface area (Å²) in [5.41, 5.74) is 6.31. The van der Waals surface area contributed by atoms with E-state index in [1.807, 2.05) is 0 Å². The van der Waals surface area contributed by atoms with Crippen molar-refractivity contribution in [3.63, 3.8) is 0 Å². The van der Waals surface area contributed by atoms with Crippen LogP contribution in [0.4, 0.5) is 15.8 Å². The average Bonchev–Trinajstić information content (AvgIpc) is 2.39. The third-order valence-electron chi connectivity index (χ3n) is 2.52. The van der Waals surface area contributed by atoms with Gasteiger partial charge in [0.2, 0.25) is 0 Å². The van der Waals surface area contributed by atoms with Gasteiger partial charge in [-0.25, -0.2) is 4.39 Å². The lowest BCUT2D eigenvalue weighted by Crippen LogP contribution is -2.13. The number of halogens is 1. The summed E-state index contributed by atoms with van der Waals surface area (Å²) < 4.78 is 13.4. The molecule has 19 heavy (non-hydrogen) atoms. The van der Waals surface area contributed by atoms with Crippen molar-refractivity contribution in [3.05, 3.63) is 59.4 Å². The maximum atomic E-state index is 13.4. The fraction of sp³-hybridized carbons (Fsp3) is 0. The Morgan fingerprint density at radius 2 is 2.00 bits per heavy atom. The first kappa shape index (κ1) is 12.6. The molecular weight excluding hydrogens is 245 g/mol. The van der Waals surface area contributed by atoms with Crippen molar-refractivity contribution in [2.75, 3.05) is 11.1 Å². The van der Waals surface area contributed by atoms with E-state index < -0.39 is 11.7 Å². The molecule has 0 aromatic heterocycles. The second kappa shape index (κ2) is 5.19. The van der Waals surface area contributed by atoms with Crippen molar-refractivity contribution in [2.24, 2.45) is 0 Å². The third-order valence-corrected chi connectivity index (χ3v) is 2.52. The number of nitrogens with zero attached hydrogens (tertiary/aromatic N) is 1. The number of carbonyl (C=O) groups excluding carboxylic acids is 1. The van der Waals surface area contributed by atoms with Gasteiger partial charge in [0.1, 0.15) is 17.4 Å². The highest BCUT2D eigenvalue weighted by Gasteiger charge is 2.12. The molecule has 0 aliphatic heterocycles. The highest BCUT2D eigenvalue weighted by molar-refractivity contribution is 6.05. The fourth-order valence-electron chi connectivity index (χ4n) is 1.62. The molecule has 1 amide bonds. The van der Waals surface area contributed by atoms with E-state index in [4.69, 9.17) is 11.0 Å². The Balaban J connectivity index is 2.30. The summed E-state index contributed by atoms with van der Waals surface area (Å²) in [5.74, 6) is -1.12. The molecule has 4 nitrogen and oxygen atoms in total. The molecule has 2 aromatic rings. The first-order valence-electron chi connectivity index (χ1n) is 5.47. The Bertz CT molecular complexity index is 677. The van der Waals surface area contributed by atoms with E-state index in [0.29, 0.717) is 11.3 Å². The molecule has 0 bridgehead atoms. The number of nitrogen functional groups attached to an aromatic ring is 1. The average molecular weight is 255 g/mol. The Hall–Kier alpha value is -2.87. The second-order valence-electron chi connectivity index (χ2n) is 3.85. The molecule has 0 atom stereocenters. The van der Waals surface area contributed by atoms with Crippen molar-refractivity contribution in [1.82, 2.24) is 0 Å². The summed E-state index contributed by atoms with van der Waals surface area (Å²) in [6, 6.07) is 12.1. The zero-order chi connectivity index (χ0) is 13.8. The maximum Gasteiger partial charge on any atom is 0.255 e. The first-order valence-corrected chi connectivity index (χ1v) is 5.47. The predicted octanol–water partition coefficient (Wildman–Crippen LogP) is 2.53. The van der Waals surface area contributed by atoms with Crippen LogP contribution in [0.3, 0.4) is 0 Å². The van der Waals surface area contributed by atoms with Gasteiger partial charge >= 0.3 is 0 Å². The Morgan fingerprint density at radius 3 is 2.68 bits per heavy atom. The molecule has 3 N–H and O–H groups in total. The predicted molar refractivity (Wildman–Crippen MR) is 69.9 cm³/mol. The van der Waals surface area contributed by atoms with Crippen molar-refractivity contribution in [2.45, 2.75) is 0 Å². The van der Waals surface area contributed by atoms with Crippen LogP contribution < -0.4 is 11.1 Å². The van der Waals surface area contributed by atoms with E-state index >= 15 is 0 Å². The smallest absolute Gasteiger partial charge is 0.255 e. The number of hydrogen-bond acceptors (Lipinski definition) is 3. The van der Waals surface area contributed by atoms with Crippen LogP contribution in [0.15, 0.2) is 42.5 Å². The summed E-state index contributed by atoms with van der Waals surface area (Å²) in [6.07, 6.45) is 0. The molecule has 0 radical (unpaired) electrons. The Morgan fingerprint density at radius 1 is 1.26 bits per heavy atom. The largest absolute Gasteiger partial charge is 0.399 e. The molecule has 0 fully saturated rings. The molecule has 0 spiro atoms. The fourth-order valence-corrected chi connectivity index (χ4v) is 1.62. The monoisotopic (exact) mass is 255 g/mol. The number of anilines is 2. The number of nitrogens with one attached hydrogen (secondary N) is 1. The molecule has 2 rings (SSSR count). The van der Waals surface area contributed by atoms with E-state index in [1.54, 1.807) is 24.3 Å². The van der Waals surface area contributed by atoms with Crippen LogP contribution in [0.25, 0.3) is 0 Å². The van der Waals surface area contributed by atoms with Gasteiger partial charge in [-0.15, -0.1) is 0 Å². The summed E-state index contributed by atoms with van der Waals surface area (Å²) in [7, 11) is 0. The second-order valence-corrected chi connectivity index (χ2v) is 3.85. The lowest BCUT2D eigenvalue weighted by Gasteiger charge is -2.07. The highest BCUT2D eigenvalue weighted by Crippen LogP contribution is 2.19. The lowest BCUT2D eigenvalue weighted by atomic mass is 10.1. The minimum Gasteiger partial charge on any atom is -0.399 e. The van der Waals surface area contributed by atoms with E-state index in [9.17, 15) is 9.18 Å². The van der Waals surface area contributed by atoms with E-state index in [2.05, 4.69) is 5.32 Å². The van der Waals surface area contributed by atoms with Crippen LogP contribution >= 0.6 is 0 Å². The van der Waals surface area contributed by atoms with Crippen molar-refractivity contribution < 1.29 is 9.18 Å². The van der Waals surface area contributed by atoms with E-state index in [-0.39, 0.29) is 11.3 Å². The zero-order valence-electron chi connectivity index (χ0n) is 9.85. The topological polar surface area (TPSA) is 78.9 Å². The maximum absolute atomic E-state index is 13.4. The summed E-state index contributed by atoms with van der Waals surface area (Å²) >= 11 is 0. The van der Waals surface area contributed by atoms with Gasteiger partial charge in [0.05, 0.1) is 5.69 Å². The zero-order valence-corrected chi connectivity index (χ0v) is 9.85. The number of nitriles is 1. The van der Waals surface area contributed by atoms with Gasteiger partial charge in [0.15, 0.2) is 0 Å². The number of carbonyl (C=O) groups is 1. The quantitative estimate of drug-likeness (QED) is 0.809. The van der Waals surface area contributed by atoms with Crippen LogP contribution in [-0.2, 0) is 0 Å². The molecule has 0 saturated heterocycles. The third kappa shape index (κ3) is 2.69. The van der Waals surface area contributed by atoms with Gasteiger partial charge in [0, 0.05) is 11.3 Å². The molecule has 0 aliphatic carbocycles. The lowest BCUT2D eigenvalue weighted by molar-refractivity contribution is 0.102. The Labute approximate surface area is 109 Å². The summed E-state index contributed by atoms with van der Waals surface area (Å²) in [5, 5.41) is 11.4. The number of rotatable bonds is 2. The minimum atomic E-state index is -0.673. The minimum absolute atomic E-state index is 0.134. The van der Waals surface area contributed by atoms with E-state index in [1.165, 1.54) is 18.2 Å². The molecule has 5 heteroatoms. The number of hydrogen-bond donors (Lipinski definition) is 2.